The van der Waals surface area contributed by atoms with Crippen molar-refractivity contribution in [2.75, 3.05) is 31.1 Å². The summed E-state index contributed by atoms with van der Waals surface area (Å²) >= 11 is 1.97. The van der Waals surface area contributed by atoms with Gasteiger partial charge in [-0.25, -0.2) is 0 Å². The van der Waals surface area contributed by atoms with Gasteiger partial charge in [-0.15, -0.1) is 0 Å². The Kier molecular flexibility index (Phi) is 4.67. The quantitative estimate of drug-likeness (QED) is 0.919. The van der Waals surface area contributed by atoms with Crippen molar-refractivity contribution in [3.63, 3.8) is 0 Å². The van der Waals surface area contributed by atoms with Crippen LogP contribution in [0.1, 0.15) is 22.0 Å². The number of carbonyl (C=O) groups excluding carboxylic acids is 1. The average molecular weight is 306 g/mol. The van der Waals surface area contributed by atoms with Gasteiger partial charge in [-0.05, 0) is 12.1 Å². The maximum Gasteiger partial charge on any atom is 0.254 e. The maximum absolute atomic E-state index is 12.0. The first-order valence-corrected chi connectivity index (χ1v) is 8.14. The second-order valence-electron chi connectivity index (χ2n) is 4.94. The van der Waals surface area contributed by atoms with Crippen LogP contribution in [0.2, 0.25) is 0 Å². The first-order valence-electron chi connectivity index (χ1n) is 6.99. The predicted octanol–water partition coefficient (Wildman–Crippen LogP) is 2.39. The number of hydrogen-bond acceptors (Lipinski definition) is 5. The van der Waals surface area contributed by atoms with Gasteiger partial charge in [0, 0.05) is 36.7 Å². The Morgan fingerprint density at radius 2 is 2.00 bits per heavy atom. The third kappa shape index (κ3) is 3.51. The predicted molar refractivity (Wildman–Crippen MR) is 81.4 cm³/mol. The van der Waals surface area contributed by atoms with E-state index >= 15 is 0 Å². The van der Waals surface area contributed by atoms with Gasteiger partial charge >= 0.3 is 0 Å². The monoisotopic (exact) mass is 306 g/mol. The lowest BCUT2D eigenvalue weighted by Crippen LogP contribution is -2.41. The molecule has 3 heterocycles. The Labute approximate surface area is 127 Å². The van der Waals surface area contributed by atoms with Gasteiger partial charge in [0.2, 0.25) is 0 Å². The van der Waals surface area contributed by atoms with E-state index in [1.807, 2.05) is 17.8 Å². The van der Waals surface area contributed by atoms with Gasteiger partial charge in [0.15, 0.2) is 0 Å². The number of rotatable bonds is 5. The Bertz CT molecular complexity index is 548. The van der Waals surface area contributed by atoms with Crippen molar-refractivity contribution in [1.82, 2.24) is 10.2 Å². The molecule has 2 aromatic heterocycles. The fourth-order valence-electron chi connectivity index (χ4n) is 2.50. The zero-order valence-corrected chi connectivity index (χ0v) is 12.5. The van der Waals surface area contributed by atoms with Crippen LogP contribution in [0.4, 0.5) is 0 Å². The molecule has 0 aromatic carbocycles. The molecule has 1 N–H and O–H groups in total. The normalized spacial score (nSPS) is 17.5. The number of thioether (sulfide) groups is 1. The largest absolute Gasteiger partial charge is 0.472 e. The van der Waals surface area contributed by atoms with E-state index in [-0.39, 0.29) is 11.9 Å². The maximum atomic E-state index is 12.0. The molecule has 1 aliphatic rings. The second kappa shape index (κ2) is 6.87. The van der Waals surface area contributed by atoms with Crippen LogP contribution in [-0.4, -0.2) is 41.9 Å². The summed E-state index contributed by atoms with van der Waals surface area (Å²) in [6.45, 7) is 2.62. The van der Waals surface area contributed by atoms with Crippen molar-refractivity contribution in [2.45, 2.75) is 6.04 Å². The van der Waals surface area contributed by atoms with E-state index in [9.17, 15) is 4.79 Å². The van der Waals surface area contributed by atoms with Crippen LogP contribution >= 0.6 is 11.8 Å². The molecule has 21 heavy (non-hydrogen) atoms. The summed E-state index contributed by atoms with van der Waals surface area (Å²) in [6.07, 6.45) is 6.40. The van der Waals surface area contributed by atoms with Crippen LogP contribution in [0, 0.1) is 0 Å². The summed E-state index contributed by atoms with van der Waals surface area (Å²) in [5.74, 6) is 2.15. The summed E-state index contributed by atoms with van der Waals surface area (Å²) in [7, 11) is 0. The van der Waals surface area contributed by atoms with Crippen molar-refractivity contribution in [2.24, 2.45) is 0 Å². The number of amides is 1. The third-order valence-corrected chi connectivity index (χ3v) is 4.60. The summed E-state index contributed by atoms with van der Waals surface area (Å²) in [6, 6.07) is 3.79. The molecule has 0 spiro atoms. The fraction of sp³-hybridized carbons (Fsp3) is 0.400. The molecule has 5 nitrogen and oxygen atoms in total. The van der Waals surface area contributed by atoms with Gasteiger partial charge in [0.05, 0.1) is 30.4 Å². The number of hydrogen-bond donors (Lipinski definition) is 1. The summed E-state index contributed by atoms with van der Waals surface area (Å²) < 4.78 is 10.1. The molecule has 112 valence electrons. The molecule has 0 aliphatic carbocycles. The zero-order valence-electron chi connectivity index (χ0n) is 11.7. The average Bonchev–Trinajstić information content (AvgIpc) is 3.22. The van der Waals surface area contributed by atoms with Crippen molar-refractivity contribution >= 4 is 17.7 Å². The molecule has 3 rings (SSSR count). The molecule has 1 fully saturated rings. The van der Waals surface area contributed by atoms with Crippen molar-refractivity contribution in [3.05, 3.63) is 48.3 Å². The lowest BCUT2D eigenvalue weighted by atomic mass is 10.1. The molecule has 0 bridgehead atoms. The first-order chi connectivity index (χ1) is 10.3. The van der Waals surface area contributed by atoms with Crippen LogP contribution in [0.5, 0.6) is 0 Å². The van der Waals surface area contributed by atoms with Gasteiger partial charge in [-0.2, -0.15) is 11.8 Å². The molecule has 0 saturated carbocycles. The van der Waals surface area contributed by atoms with E-state index in [1.54, 1.807) is 18.6 Å². The number of furan rings is 2. The molecule has 1 atom stereocenters. The standard InChI is InChI=1S/C15H18N2O3S/c18-15(13-2-6-20-11-13)16-9-14(12-1-5-19-10-12)17-3-7-21-8-4-17/h1-2,5-6,10-11,14H,3-4,7-9H2,(H,16,18). The van der Waals surface area contributed by atoms with E-state index in [0.717, 1.165) is 30.2 Å². The Morgan fingerprint density at radius 1 is 1.24 bits per heavy atom. The molecule has 6 heteroatoms. The third-order valence-electron chi connectivity index (χ3n) is 3.65. The fourth-order valence-corrected chi connectivity index (χ4v) is 3.43. The van der Waals surface area contributed by atoms with E-state index in [0.29, 0.717) is 12.1 Å². The van der Waals surface area contributed by atoms with Crippen LogP contribution in [0.25, 0.3) is 0 Å². The topological polar surface area (TPSA) is 58.6 Å². The van der Waals surface area contributed by atoms with E-state index < -0.39 is 0 Å². The molecule has 1 aliphatic heterocycles. The highest BCUT2D eigenvalue weighted by atomic mass is 32.2. The van der Waals surface area contributed by atoms with Gasteiger partial charge < -0.3 is 14.2 Å². The number of nitrogens with one attached hydrogen (secondary N) is 1. The SMILES string of the molecule is O=C(NCC(c1ccoc1)N1CCSCC1)c1ccoc1. The Hall–Kier alpha value is -1.66. The minimum Gasteiger partial charge on any atom is -0.472 e. The number of carbonyl (C=O) groups is 1. The van der Waals surface area contributed by atoms with Crippen LogP contribution < -0.4 is 5.32 Å². The molecule has 0 radical (unpaired) electrons. The number of nitrogens with zero attached hydrogens (tertiary/aromatic N) is 1. The summed E-state index contributed by atoms with van der Waals surface area (Å²) in [4.78, 5) is 14.4. The van der Waals surface area contributed by atoms with Gasteiger partial charge in [-0.3, -0.25) is 9.69 Å². The molecular weight excluding hydrogens is 288 g/mol. The van der Waals surface area contributed by atoms with Crippen LogP contribution in [0.3, 0.4) is 0 Å². The second-order valence-corrected chi connectivity index (χ2v) is 6.17. The van der Waals surface area contributed by atoms with Crippen molar-refractivity contribution < 1.29 is 13.6 Å². The highest BCUT2D eigenvalue weighted by Crippen LogP contribution is 2.24. The zero-order chi connectivity index (χ0) is 14.5. The Balaban J connectivity index is 1.66. The molecule has 1 saturated heterocycles. The van der Waals surface area contributed by atoms with Crippen LogP contribution in [-0.2, 0) is 0 Å². The highest BCUT2D eigenvalue weighted by Gasteiger charge is 2.24. The van der Waals surface area contributed by atoms with E-state index in [1.165, 1.54) is 12.5 Å². The molecular formula is C15H18N2O3S. The minimum atomic E-state index is -0.108. The molecule has 1 unspecified atom stereocenters. The first kappa shape index (κ1) is 14.3. The Morgan fingerprint density at radius 3 is 2.67 bits per heavy atom. The summed E-state index contributed by atoms with van der Waals surface area (Å²) in [5, 5.41) is 2.98. The van der Waals surface area contributed by atoms with Gasteiger partial charge in [0.1, 0.15) is 6.26 Å². The minimum absolute atomic E-state index is 0.108. The van der Waals surface area contributed by atoms with E-state index in [2.05, 4.69) is 10.2 Å². The lowest BCUT2D eigenvalue weighted by Gasteiger charge is -2.33. The highest BCUT2D eigenvalue weighted by molar-refractivity contribution is 7.99. The van der Waals surface area contributed by atoms with E-state index in [4.69, 9.17) is 8.83 Å². The molecule has 2 aromatic rings. The van der Waals surface area contributed by atoms with Crippen molar-refractivity contribution in [3.8, 4) is 0 Å². The summed E-state index contributed by atoms with van der Waals surface area (Å²) in [5.41, 5.74) is 1.66. The van der Waals surface area contributed by atoms with Crippen LogP contribution in [0.15, 0.2) is 46.0 Å². The smallest absolute Gasteiger partial charge is 0.254 e. The van der Waals surface area contributed by atoms with Crippen molar-refractivity contribution in [1.29, 1.82) is 0 Å². The van der Waals surface area contributed by atoms with Gasteiger partial charge in [-0.1, -0.05) is 0 Å². The van der Waals surface area contributed by atoms with Gasteiger partial charge in [0.25, 0.3) is 5.91 Å². The molecule has 1 amide bonds. The lowest BCUT2D eigenvalue weighted by molar-refractivity contribution is 0.0934.